The number of imidazole rings is 1. The predicted octanol–water partition coefficient (Wildman–Crippen LogP) is 2.30. The number of aromatic nitrogens is 4. The SMILES string of the molecule is Cc1ccc2nc(CNC(=O)c3cc(C(C)C)nc(N)n3)[nH]c2c1. The molecule has 7 heteroatoms. The number of amides is 1. The maximum absolute atomic E-state index is 12.3. The molecule has 3 rings (SSSR count). The zero-order valence-corrected chi connectivity index (χ0v) is 13.9. The number of carbonyl (C=O) groups is 1. The number of fused-ring (bicyclic) bond motifs is 1. The first-order valence-corrected chi connectivity index (χ1v) is 7.80. The lowest BCUT2D eigenvalue weighted by molar-refractivity contribution is 0.0945. The van der Waals surface area contributed by atoms with Gasteiger partial charge in [0.25, 0.3) is 5.91 Å². The summed E-state index contributed by atoms with van der Waals surface area (Å²) in [4.78, 5) is 28.1. The summed E-state index contributed by atoms with van der Waals surface area (Å²) < 4.78 is 0. The van der Waals surface area contributed by atoms with Crippen LogP contribution in [0, 0.1) is 6.92 Å². The van der Waals surface area contributed by atoms with Gasteiger partial charge in [-0.1, -0.05) is 19.9 Å². The number of aromatic amines is 1. The molecule has 0 fully saturated rings. The number of carbonyl (C=O) groups excluding carboxylic acids is 1. The number of hydrogen-bond donors (Lipinski definition) is 3. The molecular weight excluding hydrogens is 304 g/mol. The topological polar surface area (TPSA) is 110 Å². The second-order valence-corrected chi connectivity index (χ2v) is 6.08. The monoisotopic (exact) mass is 324 g/mol. The molecule has 0 unspecified atom stereocenters. The summed E-state index contributed by atoms with van der Waals surface area (Å²) in [6.45, 7) is 6.28. The summed E-state index contributed by atoms with van der Waals surface area (Å²) in [5.41, 5.74) is 9.67. The average molecular weight is 324 g/mol. The number of nitrogens with two attached hydrogens (primary N) is 1. The van der Waals surface area contributed by atoms with E-state index in [9.17, 15) is 4.79 Å². The van der Waals surface area contributed by atoms with Gasteiger partial charge in [0, 0.05) is 5.69 Å². The summed E-state index contributed by atoms with van der Waals surface area (Å²) in [6, 6.07) is 7.64. The lowest BCUT2D eigenvalue weighted by Gasteiger charge is -2.08. The second kappa shape index (κ2) is 6.27. The normalized spacial score (nSPS) is 11.2. The van der Waals surface area contributed by atoms with E-state index in [1.54, 1.807) is 6.07 Å². The highest BCUT2D eigenvalue weighted by Crippen LogP contribution is 2.15. The molecule has 24 heavy (non-hydrogen) atoms. The third kappa shape index (κ3) is 3.34. The van der Waals surface area contributed by atoms with E-state index in [4.69, 9.17) is 5.73 Å². The van der Waals surface area contributed by atoms with Crippen molar-refractivity contribution in [2.24, 2.45) is 0 Å². The molecule has 0 bridgehead atoms. The highest BCUT2D eigenvalue weighted by molar-refractivity contribution is 5.92. The number of benzene rings is 1. The Morgan fingerprint density at radius 2 is 2.04 bits per heavy atom. The third-order valence-electron chi connectivity index (χ3n) is 3.69. The zero-order chi connectivity index (χ0) is 17.3. The van der Waals surface area contributed by atoms with Crippen molar-refractivity contribution in [1.82, 2.24) is 25.3 Å². The largest absolute Gasteiger partial charge is 0.368 e. The van der Waals surface area contributed by atoms with Gasteiger partial charge in [0.05, 0.1) is 17.6 Å². The minimum atomic E-state index is -0.303. The first-order chi connectivity index (χ1) is 11.4. The Morgan fingerprint density at radius 1 is 1.25 bits per heavy atom. The average Bonchev–Trinajstić information content (AvgIpc) is 2.93. The quantitative estimate of drug-likeness (QED) is 0.682. The minimum absolute atomic E-state index is 0.102. The molecule has 4 N–H and O–H groups in total. The Morgan fingerprint density at radius 3 is 2.79 bits per heavy atom. The van der Waals surface area contributed by atoms with Gasteiger partial charge in [-0.25, -0.2) is 15.0 Å². The molecule has 0 saturated heterocycles. The number of nitrogens with zero attached hydrogens (tertiary/aromatic N) is 3. The van der Waals surface area contributed by atoms with Crippen molar-refractivity contribution in [2.45, 2.75) is 33.2 Å². The smallest absolute Gasteiger partial charge is 0.270 e. The number of anilines is 1. The van der Waals surface area contributed by atoms with E-state index in [1.807, 2.05) is 39.0 Å². The van der Waals surface area contributed by atoms with Crippen molar-refractivity contribution in [1.29, 1.82) is 0 Å². The first-order valence-electron chi connectivity index (χ1n) is 7.80. The van der Waals surface area contributed by atoms with E-state index in [0.717, 1.165) is 22.3 Å². The molecule has 0 radical (unpaired) electrons. The maximum atomic E-state index is 12.3. The zero-order valence-electron chi connectivity index (χ0n) is 13.9. The fraction of sp³-hybridized carbons (Fsp3) is 0.294. The van der Waals surface area contributed by atoms with Crippen LogP contribution in [0.2, 0.25) is 0 Å². The molecule has 0 aliphatic rings. The van der Waals surface area contributed by atoms with Crippen molar-refractivity contribution in [2.75, 3.05) is 5.73 Å². The molecule has 0 aliphatic carbocycles. The predicted molar refractivity (Wildman–Crippen MR) is 92.5 cm³/mol. The Labute approximate surface area is 139 Å². The molecule has 3 aromatic rings. The Balaban J connectivity index is 1.74. The summed E-state index contributed by atoms with van der Waals surface area (Å²) in [5, 5.41) is 2.81. The summed E-state index contributed by atoms with van der Waals surface area (Å²) in [6.07, 6.45) is 0. The fourth-order valence-corrected chi connectivity index (χ4v) is 2.41. The van der Waals surface area contributed by atoms with Gasteiger partial charge >= 0.3 is 0 Å². The van der Waals surface area contributed by atoms with Crippen LogP contribution in [0.25, 0.3) is 11.0 Å². The van der Waals surface area contributed by atoms with Crippen LogP contribution in [0.5, 0.6) is 0 Å². The van der Waals surface area contributed by atoms with Crippen molar-refractivity contribution in [3.63, 3.8) is 0 Å². The van der Waals surface area contributed by atoms with Crippen LogP contribution >= 0.6 is 0 Å². The Bertz CT molecular complexity index is 899. The van der Waals surface area contributed by atoms with Gasteiger partial charge in [-0.05, 0) is 36.6 Å². The molecule has 124 valence electrons. The molecule has 0 atom stereocenters. The second-order valence-electron chi connectivity index (χ2n) is 6.08. The molecule has 0 saturated carbocycles. The van der Waals surface area contributed by atoms with Crippen LogP contribution in [-0.4, -0.2) is 25.8 Å². The molecule has 2 heterocycles. The van der Waals surface area contributed by atoms with E-state index in [-0.39, 0.29) is 30.0 Å². The Kier molecular flexibility index (Phi) is 4.16. The van der Waals surface area contributed by atoms with Crippen molar-refractivity contribution >= 4 is 22.9 Å². The highest BCUT2D eigenvalue weighted by atomic mass is 16.1. The number of hydrogen-bond acceptors (Lipinski definition) is 5. The molecule has 2 aromatic heterocycles. The summed E-state index contributed by atoms with van der Waals surface area (Å²) in [7, 11) is 0. The third-order valence-corrected chi connectivity index (χ3v) is 3.69. The number of aryl methyl sites for hydroxylation is 1. The molecule has 1 aromatic carbocycles. The number of nitrogens with one attached hydrogen (secondary N) is 2. The molecule has 0 spiro atoms. The highest BCUT2D eigenvalue weighted by Gasteiger charge is 2.13. The van der Waals surface area contributed by atoms with Crippen molar-refractivity contribution < 1.29 is 4.79 Å². The van der Waals surface area contributed by atoms with E-state index in [1.165, 1.54) is 0 Å². The summed E-state index contributed by atoms with van der Waals surface area (Å²) >= 11 is 0. The number of nitrogen functional groups attached to an aromatic ring is 1. The van der Waals surface area contributed by atoms with E-state index in [2.05, 4.69) is 25.3 Å². The van der Waals surface area contributed by atoms with Gasteiger partial charge < -0.3 is 16.0 Å². The van der Waals surface area contributed by atoms with Gasteiger partial charge in [-0.3, -0.25) is 4.79 Å². The van der Waals surface area contributed by atoms with Crippen molar-refractivity contribution in [3.8, 4) is 0 Å². The van der Waals surface area contributed by atoms with Gasteiger partial charge in [-0.2, -0.15) is 0 Å². The molecule has 1 amide bonds. The van der Waals surface area contributed by atoms with Crippen LogP contribution in [0.4, 0.5) is 5.95 Å². The van der Waals surface area contributed by atoms with Crippen LogP contribution in [0.1, 0.15) is 47.3 Å². The van der Waals surface area contributed by atoms with Gasteiger partial charge in [0.2, 0.25) is 5.95 Å². The maximum Gasteiger partial charge on any atom is 0.270 e. The molecule has 0 aliphatic heterocycles. The van der Waals surface area contributed by atoms with Crippen molar-refractivity contribution in [3.05, 3.63) is 47.0 Å². The first kappa shape index (κ1) is 15.9. The van der Waals surface area contributed by atoms with Gasteiger partial charge in [0.1, 0.15) is 11.5 Å². The molecular formula is C17H20N6O. The lowest BCUT2D eigenvalue weighted by atomic mass is 10.1. The van der Waals surface area contributed by atoms with Crippen LogP contribution in [-0.2, 0) is 6.54 Å². The Hall–Kier alpha value is -2.96. The van der Waals surface area contributed by atoms with E-state index < -0.39 is 0 Å². The van der Waals surface area contributed by atoms with Crippen LogP contribution < -0.4 is 11.1 Å². The molecule has 7 nitrogen and oxygen atoms in total. The minimum Gasteiger partial charge on any atom is -0.368 e. The van der Waals surface area contributed by atoms with Crippen LogP contribution in [0.3, 0.4) is 0 Å². The van der Waals surface area contributed by atoms with Crippen LogP contribution in [0.15, 0.2) is 24.3 Å². The van der Waals surface area contributed by atoms with Gasteiger partial charge in [-0.15, -0.1) is 0 Å². The number of H-pyrrole nitrogens is 1. The van der Waals surface area contributed by atoms with E-state index in [0.29, 0.717) is 5.82 Å². The fourth-order valence-electron chi connectivity index (χ4n) is 2.41. The summed E-state index contributed by atoms with van der Waals surface area (Å²) in [5.74, 6) is 0.656. The van der Waals surface area contributed by atoms with E-state index >= 15 is 0 Å². The van der Waals surface area contributed by atoms with Gasteiger partial charge in [0.15, 0.2) is 0 Å². The standard InChI is InChI=1S/C17H20N6O/c1-9(2)12-7-14(23-17(18)22-12)16(24)19-8-15-20-11-5-4-10(3)6-13(11)21-15/h4-7,9H,8H2,1-3H3,(H,19,24)(H,20,21)(H2,18,22,23). The number of rotatable bonds is 4. The lowest BCUT2D eigenvalue weighted by Crippen LogP contribution is -2.25.